The Hall–Kier alpha value is -0.970. The second-order valence-corrected chi connectivity index (χ2v) is 3.65. The Labute approximate surface area is 80.3 Å². The highest BCUT2D eigenvalue weighted by Gasteiger charge is 1.98. The van der Waals surface area contributed by atoms with Gasteiger partial charge in [-0.1, -0.05) is 12.1 Å². The van der Waals surface area contributed by atoms with E-state index in [4.69, 9.17) is 5.90 Å². The first-order valence-electron chi connectivity index (χ1n) is 4.05. The predicted octanol–water partition coefficient (Wildman–Crippen LogP) is 1.73. The highest BCUT2D eigenvalue weighted by atomic mass is 32.1. The number of benzene rings is 1. The molecule has 0 atom stereocenters. The monoisotopic (exact) mass is 194 g/mol. The average molecular weight is 194 g/mol. The molecule has 0 aliphatic rings. The summed E-state index contributed by atoms with van der Waals surface area (Å²) in [6, 6.07) is 6.28. The molecule has 0 fully saturated rings. The molecule has 3 nitrogen and oxygen atoms in total. The zero-order chi connectivity index (χ0) is 9.10. The maximum Gasteiger partial charge on any atom is 0.0719 e. The molecule has 0 aliphatic heterocycles. The number of nitrogens with two attached hydrogens (primary N) is 1. The first-order chi connectivity index (χ1) is 6.40. The van der Waals surface area contributed by atoms with Crippen LogP contribution in [0, 0.1) is 0 Å². The molecule has 0 amide bonds. The van der Waals surface area contributed by atoms with Gasteiger partial charge in [0.05, 0.1) is 11.3 Å². The van der Waals surface area contributed by atoms with Gasteiger partial charge in [-0.3, -0.25) is 0 Å². The lowest BCUT2D eigenvalue weighted by molar-refractivity contribution is 0.141. The van der Waals surface area contributed by atoms with Gasteiger partial charge in [0.2, 0.25) is 0 Å². The number of hydrogen-bond acceptors (Lipinski definition) is 4. The van der Waals surface area contributed by atoms with Crippen molar-refractivity contribution >= 4 is 21.6 Å². The van der Waals surface area contributed by atoms with Gasteiger partial charge in [0.15, 0.2) is 0 Å². The van der Waals surface area contributed by atoms with Crippen LogP contribution in [0.2, 0.25) is 0 Å². The van der Waals surface area contributed by atoms with Crippen LogP contribution in [0.25, 0.3) is 10.1 Å². The van der Waals surface area contributed by atoms with Gasteiger partial charge in [-0.25, -0.2) is 5.90 Å². The molecule has 1 aromatic heterocycles. The number of nitrogens with zero attached hydrogens (tertiary/aromatic N) is 1. The Bertz CT molecular complexity index is 399. The van der Waals surface area contributed by atoms with Crippen molar-refractivity contribution in [1.82, 2.24) is 4.37 Å². The van der Waals surface area contributed by atoms with Crippen LogP contribution in [-0.4, -0.2) is 11.0 Å². The van der Waals surface area contributed by atoms with Crippen molar-refractivity contribution in [2.75, 3.05) is 6.61 Å². The Balaban J connectivity index is 2.26. The Kier molecular flexibility index (Phi) is 2.54. The van der Waals surface area contributed by atoms with E-state index in [0.717, 1.165) is 6.42 Å². The third-order valence-electron chi connectivity index (χ3n) is 1.93. The molecule has 2 aromatic rings. The molecule has 1 heterocycles. The lowest BCUT2D eigenvalue weighted by Gasteiger charge is -1.98. The topological polar surface area (TPSA) is 48.1 Å². The Morgan fingerprint density at radius 2 is 2.38 bits per heavy atom. The van der Waals surface area contributed by atoms with Gasteiger partial charge in [-0.05, 0) is 29.6 Å². The lowest BCUT2D eigenvalue weighted by atomic mass is 10.1. The van der Waals surface area contributed by atoms with Crippen LogP contribution in [0.5, 0.6) is 0 Å². The summed E-state index contributed by atoms with van der Waals surface area (Å²) in [6.07, 6.45) is 2.73. The van der Waals surface area contributed by atoms with Gasteiger partial charge in [0.1, 0.15) is 0 Å². The van der Waals surface area contributed by atoms with Crippen molar-refractivity contribution in [3.05, 3.63) is 30.0 Å². The Morgan fingerprint density at radius 3 is 3.23 bits per heavy atom. The highest BCUT2D eigenvalue weighted by molar-refractivity contribution is 7.13. The van der Waals surface area contributed by atoms with Crippen LogP contribution < -0.4 is 5.90 Å². The van der Waals surface area contributed by atoms with E-state index in [1.165, 1.54) is 27.2 Å². The van der Waals surface area contributed by atoms with Gasteiger partial charge in [-0.2, -0.15) is 4.37 Å². The average Bonchev–Trinajstić information content (AvgIpc) is 2.61. The summed E-state index contributed by atoms with van der Waals surface area (Å²) in [5.41, 5.74) is 1.24. The summed E-state index contributed by atoms with van der Waals surface area (Å²) < 4.78 is 5.33. The summed E-state index contributed by atoms with van der Waals surface area (Å²) >= 11 is 1.51. The fourth-order valence-electron chi connectivity index (χ4n) is 1.24. The molecular weight excluding hydrogens is 184 g/mol. The second-order valence-electron chi connectivity index (χ2n) is 2.82. The van der Waals surface area contributed by atoms with Crippen molar-refractivity contribution < 1.29 is 4.84 Å². The quantitative estimate of drug-likeness (QED) is 0.757. The SMILES string of the molecule is NOCCc1ccc2cnsc2c1. The van der Waals surface area contributed by atoms with Crippen molar-refractivity contribution in [3.63, 3.8) is 0 Å². The minimum absolute atomic E-state index is 0.560. The van der Waals surface area contributed by atoms with Crippen LogP contribution in [0.15, 0.2) is 24.4 Å². The van der Waals surface area contributed by atoms with E-state index in [0.29, 0.717) is 6.61 Å². The zero-order valence-corrected chi connectivity index (χ0v) is 7.88. The van der Waals surface area contributed by atoms with Gasteiger partial charge < -0.3 is 4.84 Å². The van der Waals surface area contributed by atoms with Crippen molar-refractivity contribution in [1.29, 1.82) is 0 Å². The lowest BCUT2D eigenvalue weighted by Crippen LogP contribution is -2.03. The van der Waals surface area contributed by atoms with Gasteiger partial charge in [0.25, 0.3) is 0 Å². The molecule has 0 bridgehead atoms. The van der Waals surface area contributed by atoms with Gasteiger partial charge in [0, 0.05) is 11.6 Å². The minimum Gasteiger partial charge on any atom is -0.304 e. The number of hydrogen-bond donors (Lipinski definition) is 1. The van der Waals surface area contributed by atoms with Crippen LogP contribution in [0.3, 0.4) is 0 Å². The maximum absolute atomic E-state index is 4.96. The molecule has 0 saturated heterocycles. The largest absolute Gasteiger partial charge is 0.304 e. The van der Waals surface area contributed by atoms with Crippen molar-refractivity contribution in [2.24, 2.45) is 5.90 Å². The van der Waals surface area contributed by atoms with Crippen molar-refractivity contribution in [3.8, 4) is 0 Å². The zero-order valence-electron chi connectivity index (χ0n) is 7.06. The van der Waals surface area contributed by atoms with E-state index in [9.17, 15) is 0 Å². The maximum atomic E-state index is 4.96. The van der Waals surface area contributed by atoms with E-state index >= 15 is 0 Å². The molecule has 4 heteroatoms. The minimum atomic E-state index is 0.560. The standard InChI is InChI=1S/C9H10N2OS/c10-12-4-3-7-1-2-8-6-11-13-9(8)5-7/h1-2,5-6H,3-4,10H2. The number of aromatic nitrogens is 1. The molecular formula is C9H10N2OS. The van der Waals surface area contributed by atoms with E-state index in [1.807, 2.05) is 6.20 Å². The third-order valence-corrected chi connectivity index (χ3v) is 2.69. The molecule has 0 radical (unpaired) electrons. The fourth-order valence-corrected chi connectivity index (χ4v) is 1.95. The molecule has 0 spiro atoms. The molecule has 0 saturated carbocycles. The van der Waals surface area contributed by atoms with E-state index in [-0.39, 0.29) is 0 Å². The van der Waals surface area contributed by atoms with Crippen LogP contribution in [0.4, 0.5) is 0 Å². The summed E-state index contributed by atoms with van der Waals surface area (Å²) in [7, 11) is 0. The summed E-state index contributed by atoms with van der Waals surface area (Å²) in [6.45, 7) is 0.560. The first kappa shape index (κ1) is 8.62. The fraction of sp³-hybridized carbons (Fsp3) is 0.222. The molecule has 0 unspecified atom stereocenters. The smallest absolute Gasteiger partial charge is 0.0719 e. The van der Waals surface area contributed by atoms with Crippen LogP contribution in [-0.2, 0) is 11.3 Å². The first-order valence-corrected chi connectivity index (χ1v) is 4.82. The van der Waals surface area contributed by atoms with Gasteiger partial charge in [-0.15, -0.1) is 0 Å². The number of fused-ring (bicyclic) bond motifs is 1. The number of rotatable bonds is 3. The third kappa shape index (κ3) is 1.85. The van der Waals surface area contributed by atoms with Crippen LogP contribution >= 0.6 is 11.5 Å². The second kappa shape index (κ2) is 3.83. The predicted molar refractivity (Wildman–Crippen MR) is 53.5 cm³/mol. The molecule has 13 heavy (non-hydrogen) atoms. The van der Waals surface area contributed by atoms with Crippen molar-refractivity contribution in [2.45, 2.75) is 6.42 Å². The molecule has 0 aliphatic carbocycles. The molecule has 2 rings (SSSR count). The normalized spacial score (nSPS) is 10.8. The summed E-state index contributed by atoms with van der Waals surface area (Å²) in [5, 5.41) is 1.20. The van der Waals surface area contributed by atoms with E-state index in [2.05, 4.69) is 27.4 Å². The highest BCUT2D eigenvalue weighted by Crippen LogP contribution is 2.19. The van der Waals surface area contributed by atoms with Gasteiger partial charge >= 0.3 is 0 Å². The molecule has 68 valence electrons. The molecule has 2 N–H and O–H groups in total. The summed E-state index contributed by atoms with van der Waals surface area (Å²) in [5.74, 6) is 4.96. The van der Waals surface area contributed by atoms with Crippen LogP contribution in [0.1, 0.15) is 5.56 Å². The molecule has 1 aromatic carbocycles. The Morgan fingerprint density at radius 1 is 1.46 bits per heavy atom. The van der Waals surface area contributed by atoms with E-state index in [1.54, 1.807) is 0 Å². The summed E-state index contributed by atoms with van der Waals surface area (Å²) in [4.78, 5) is 4.53. The van der Waals surface area contributed by atoms with E-state index < -0.39 is 0 Å².